The summed E-state index contributed by atoms with van der Waals surface area (Å²) in [6.07, 6.45) is 1.86. The van der Waals surface area contributed by atoms with Gasteiger partial charge in [0.05, 0.1) is 11.4 Å². The minimum atomic E-state index is -0.882. The van der Waals surface area contributed by atoms with Crippen LogP contribution in [0.25, 0.3) is 6.08 Å². The Morgan fingerprint density at radius 1 is 1.28 bits per heavy atom. The Labute approximate surface area is 168 Å². The van der Waals surface area contributed by atoms with E-state index in [1.807, 2.05) is 0 Å². The first-order valence-corrected chi connectivity index (χ1v) is 9.50. The summed E-state index contributed by atoms with van der Waals surface area (Å²) in [6, 6.07) is 7.72. The maximum atomic E-state index is 14.2. The van der Waals surface area contributed by atoms with Gasteiger partial charge in [-0.05, 0) is 24.3 Å². The molecule has 0 atom stereocenters. The van der Waals surface area contributed by atoms with Crippen molar-refractivity contribution in [2.75, 3.05) is 4.90 Å². The van der Waals surface area contributed by atoms with Gasteiger partial charge in [-0.2, -0.15) is 0 Å². The van der Waals surface area contributed by atoms with Gasteiger partial charge < -0.3 is 5.11 Å². The zero-order chi connectivity index (χ0) is 20.7. The van der Waals surface area contributed by atoms with Gasteiger partial charge in [0.2, 0.25) is 5.91 Å². The first-order valence-electron chi connectivity index (χ1n) is 8.62. The number of fused-ring (bicyclic) bond motifs is 1. The molecule has 1 heterocycles. The zero-order valence-electron chi connectivity index (χ0n) is 15.1. The first kappa shape index (κ1) is 18.9. The van der Waals surface area contributed by atoms with E-state index in [2.05, 4.69) is 4.98 Å². The number of aromatic nitrogens is 1. The highest BCUT2D eigenvalue weighted by Gasteiger charge is 2.27. The third-order valence-corrected chi connectivity index (χ3v) is 5.39. The molecule has 5 nitrogen and oxygen atoms in total. The fourth-order valence-electron chi connectivity index (χ4n) is 3.23. The number of hydrogen-bond acceptors (Lipinski definition) is 5. The maximum absolute atomic E-state index is 14.2. The van der Waals surface area contributed by atoms with Crippen molar-refractivity contribution in [2.24, 2.45) is 0 Å². The number of carbonyl (C=O) groups is 2. The van der Waals surface area contributed by atoms with Gasteiger partial charge in [-0.1, -0.05) is 12.1 Å². The number of thiazole rings is 1. The summed E-state index contributed by atoms with van der Waals surface area (Å²) in [7, 11) is 0. The summed E-state index contributed by atoms with van der Waals surface area (Å²) in [5.74, 6) is -2.25. The number of ketones is 1. The van der Waals surface area contributed by atoms with Crippen LogP contribution in [0.5, 0.6) is 5.75 Å². The van der Waals surface area contributed by atoms with Crippen LogP contribution in [-0.2, 0) is 11.2 Å². The summed E-state index contributed by atoms with van der Waals surface area (Å²) in [6.45, 7) is 1.25. The molecule has 0 saturated heterocycles. The molecule has 2 aromatic carbocycles. The number of carbonyl (C=O) groups excluding carboxylic acids is 2. The molecule has 29 heavy (non-hydrogen) atoms. The molecule has 0 saturated carbocycles. The van der Waals surface area contributed by atoms with Crippen molar-refractivity contribution in [1.29, 1.82) is 0 Å². The van der Waals surface area contributed by atoms with E-state index in [0.29, 0.717) is 28.5 Å². The third kappa shape index (κ3) is 3.42. The molecule has 0 fully saturated rings. The number of phenols is 1. The lowest BCUT2D eigenvalue weighted by Crippen LogP contribution is -2.23. The molecule has 0 unspecified atom stereocenters. The molecule has 3 aromatic rings. The molecule has 1 amide bonds. The number of Topliss-reactive ketones (excluding diaryl/α,β-unsaturated/α-hetero) is 1. The quantitative estimate of drug-likeness (QED) is 0.637. The highest BCUT2D eigenvalue weighted by atomic mass is 32.1. The Balaban J connectivity index is 1.67. The van der Waals surface area contributed by atoms with E-state index < -0.39 is 17.5 Å². The molecule has 1 aliphatic carbocycles. The van der Waals surface area contributed by atoms with Gasteiger partial charge >= 0.3 is 0 Å². The monoisotopic (exact) mass is 412 g/mol. The van der Waals surface area contributed by atoms with Crippen LogP contribution in [0.1, 0.15) is 28.5 Å². The van der Waals surface area contributed by atoms with Crippen molar-refractivity contribution < 1.29 is 23.5 Å². The number of nitrogens with zero attached hydrogens (tertiary/aromatic N) is 2. The Morgan fingerprint density at radius 3 is 2.76 bits per heavy atom. The van der Waals surface area contributed by atoms with Gasteiger partial charge in [0.25, 0.3) is 0 Å². The van der Waals surface area contributed by atoms with Gasteiger partial charge in [0.1, 0.15) is 17.4 Å². The number of halogens is 2. The van der Waals surface area contributed by atoms with Gasteiger partial charge in [0.15, 0.2) is 10.9 Å². The molecule has 0 aliphatic heterocycles. The van der Waals surface area contributed by atoms with Crippen LogP contribution >= 0.6 is 11.3 Å². The smallest absolute Gasteiger partial charge is 0.230 e. The standard InChI is InChI=1S/C21H14F2N2O3S/c1-11(26)25(18-6-5-13(22)9-17(18)23)21-24-14(10-29-21)7-12-8-16-15(20(12)28)3-2-4-19(16)27/h2-7,9-10,27H,8H2,1H3/b12-7+. The largest absolute Gasteiger partial charge is 0.508 e. The molecule has 4 rings (SSSR count). The normalized spacial score (nSPS) is 14.3. The fraction of sp³-hybridized carbons (Fsp3) is 0.0952. The Kier molecular flexibility index (Phi) is 4.71. The van der Waals surface area contributed by atoms with Crippen LogP contribution < -0.4 is 4.90 Å². The SMILES string of the molecule is CC(=O)N(c1nc(/C=C2\Cc3c(O)cccc3C2=O)cs1)c1ccc(F)cc1F. The van der Waals surface area contributed by atoms with Gasteiger partial charge in [-0.25, -0.2) is 13.8 Å². The van der Waals surface area contributed by atoms with E-state index in [1.165, 1.54) is 19.1 Å². The molecule has 146 valence electrons. The van der Waals surface area contributed by atoms with E-state index in [4.69, 9.17) is 0 Å². The zero-order valence-corrected chi connectivity index (χ0v) is 16.0. The van der Waals surface area contributed by atoms with E-state index in [1.54, 1.807) is 23.6 Å². The van der Waals surface area contributed by atoms with Crippen LogP contribution in [0.15, 0.2) is 47.4 Å². The van der Waals surface area contributed by atoms with Crippen LogP contribution in [0.4, 0.5) is 19.6 Å². The molecule has 1 N–H and O–H groups in total. The molecular formula is C21H14F2N2O3S. The van der Waals surface area contributed by atoms with Crippen LogP contribution in [0.3, 0.4) is 0 Å². The lowest BCUT2D eigenvalue weighted by atomic mass is 10.1. The van der Waals surface area contributed by atoms with Crippen molar-refractivity contribution in [3.8, 4) is 5.75 Å². The number of phenolic OH excluding ortho intramolecular Hbond substituents is 1. The van der Waals surface area contributed by atoms with Crippen molar-refractivity contribution in [2.45, 2.75) is 13.3 Å². The van der Waals surface area contributed by atoms with E-state index in [9.17, 15) is 23.5 Å². The number of anilines is 2. The third-order valence-electron chi connectivity index (χ3n) is 4.54. The molecule has 1 aromatic heterocycles. The molecule has 8 heteroatoms. The molecular weight excluding hydrogens is 398 g/mol. The predicted molar refractivity (Wildman–Crippen MR) is 105 cm³/mol. The molecule has 0 radical (unpaired) electrons. The Bertz CT molecular complexity index is 1190. The number of hydrogen-bond donors (Lipinski definition) is 1. The minimum absolute atomic E-state index is 0.0627. The number of benzene rings is 2. The number of allylic oxidation sites excluding steroid dienone is 1. The van der Waals surface area contributed by atoms with Crippen LogP contribution in [0.2, 0.25) is 0 Å². The highest BCUT2D eigenvalue weighted by Crippen LogP contribution is 2.35. The summed E-state index contributed by atoms with van der Waals surface area (Å²) >= 11 is 1.09. The minimum Gasteiger partial charge on any atom is -0.508 e. The van der Waals surface area contributed by atoms with E-state index in [0.717, 1.165) is 22.3 Å². The second-order valence-electron chi connectivity index (χ2n) is 6.48. The van der Waals surface area contributed by atoms with Crippen LogP contribution in [0, 0.1) is 11.6 Å². The number of rotatable bonds is 3. The topological polar surface area (TPSA) is 70.5 Å². The fourth-order valence-corrected chi connectivity index (χ4v) is 4.06. The van der Waals surface area contributed by atoms with Gasteiger partial charge in [-0.3, -0.25) is 14.5 Å². The van der Waals surface area contributed by atoms with Gasteiger partial charge in [0, 0.05) is 41.5 Å². The number of amides is 1. The molecule has 1 aliphatic rings. The van der Waals surface area contributed by atoms with Crippen molar-refractivity contribution in [3.63, 3.8) is 0 Å². The second-order valence-corrected chi connectivity index (χ2v) is 7.32. The highest BCUT2D eigenvalue weighted by molar-refractivity contribution is 7.14. The van der Waals surface area contributed by atoms with E-state index in [-0.39, 0.29) is 28.8 Å². The first-order chi connectivity index (χ1) is 13.8. The van der Waals surface area contributed by atoms with Crippen molar-refractivity contribution in [1.82, 2.24) is 4.98 Å². The molecule has 0 bridgehead atoms. The maximum Gasteiger partial charge on any atom is 0.230 e. The average Bonchev–Trinajstić information content (AvgIpc) is 3.24. The summed E-state index contributed by atoms with van der Waals surface area (Å²) < 4.78 is 27.4. The Morgan fingerprint density at radius 2 is 2.07 bits per heavy atom. The van der Waals surface area contributed by atoms with Gasteiger partial charge in [-0.15, -0.1) is 11.3 Å². The lowest BCUT2D eigenvalue weighted by Gasteiger charge is -2.18. The molecule has 0 spiro atoms. The van der Waals surface area contributed by atoms with Crippen molar-refractivity contribution in [3.05, 3.63) is 75.8 Å². The summed E-state index contributed by atoms with van der Waals surface area (Å²) in [5, 5.41) is 11.8. The summed E-state index contributed by atoms with van der Waals surface area (Å²) in [5.41, 5.74) is 1.79. The Hall–Kier alpha value is -3.39. The van der Waals surface area contributed by atoms with Crippen LogP contribution in [-0.4, -0.2) is 21.8 Å². The lowest BCUT2D eigenvalue weighted by molar-refractivity contribution is -0.115. The summed E-state index contributed by atoms with van der Waals surface area (Å²) in [4.78, 5) is 30.0. The van der Waals surface area contributed by atoms with Crippen molar-refractivity contribution >= 4 is 39.9 Å². The van der Waals surface area contributed by atoms with E-state index >= 15 is 0 Å². The average molecular weight is 412 g/mol. The number of aromatic hydroxyl groups is 1. The second kappa shape index (κ2) is 7.21. The predicted octanol–water partition coefficient (Wildman–Crippen LogP) is 4.63.